The average Bonchev–Trinajstić information content (AvgIpc) is 1.02. The molecule has 4 N–H and O–H groups in total. The summed E-state index contributed by atoms with van der Waals surface area (Å²) < 4.78 is 14.4. The summed E-state index contributed by atoms with van der Waals surface area (Å²) in [6, 6.07) is 0. The summed E-state index contributed by atoms with van der Waals surface area (Å²) in [4.78, 5) is 101. The summed E-state index contributed by atoms with van der Waals surface area (Å²) >= 11 is 0. The van der Waals surface area contributed by atoms with Crippen molar-refractivity contribution in [3.8, 4) is 0 Å². The molecule has 3 heterocycles. The predicted octanol–water partition coefficient (Wildman–Crippen LogP) is 14.1. The van der Waals surface area contributed by atoms with E-state index in [2.05, 4.69) is 43.1 Å². The molecule has 4 aliphatic carbocycles. The van der Waals surface area contributed by atoms with Gasteiger partial charge in [0.25, 0.3) is 0 Å². The molecule has 92 heavy (non-hydrogen) atoms. The summed E-state index contributed by atoms with van der Waals surface area (Å²) in [5, 5.41) is 24.4. The lowest BCUT2D eigenvalue weighted by molar-refractivity contribution is -0.170. The van der Waals surface area contributed by atoms with E-state index in [4.69, 9.17) is 19.7 Å². The number of carbonyl (C=O) groups is 8. The van der Waals surface area contributed by atoms with Gasteiger partial charge in [-0.25, -0.2) is 0 Å². The standard InChI is InChI=1S/C18H34N2O2.2C14H25NO3.C10H14O3.2C4H11N.2C4H8O.CH4/c1-5-19(6-2)16(21)14-18(12-10-9-11-13-18)15-17(22)20(7-3)8-4;2*1-3-15(4-2)12(16)10-14(11-13(17)18)8-6-5-7-9-14;11-8-6-10(7-9(12)13-8)4-2-1-3-5-10;2*1-3-5-4-2;2*1-2-4-5-3-1;/h5-15H2,1-4H3;2*3-11H2,1-2H3,(H,17,18);1-7H2;2*5H,3-4H2,1-2H3;2*1-4H2;1H4. The van der Waals surface area contributed by atoms with Crippen molar-refractivity contribution in [1.29, 1.82) is 0 Å². The first kappa shape index (κ1) is 89.9. The van der Waals surface area contributed by atoms with Crippen LogP contribution in [-0.4, -0.2) is 182 Å². The number of rotatable bonds is 24. The third-order valence-electron chi connectivity index (χ3n) is 19.2. The molecule has 0 aromatic rings. The van der Waals surface area contributed by atoms with Crippen LogP contribution in [0.15, 0.2) is 0 Å². The Kier molecular flexibility index (Phi) is 52.7. The normalized spacial score (nSPS) is 18.7. The first-order valence-corrected chi connectivity index (χ1v) is 36.5. The third kappa shape index (κ3) is 39.0. The molecule has 540 valence electrons. The number of cyclic esters (lactones) is 2. The molecule has 3 aliphatic heterocycles. The fourth-order valence-corrected chi connectivity index (χ4v) is 13.9. The van der Waals surface area contributed by atoms with E-state index >= 15 is 0 Å². The molecule has 4 saturated carbocycles. The van der Waals surface area contributed by atoms with E-state index in [-0.39, 0.29) is 77.5 Å². The molecule has 7 aliphatic rings. The van der Waals surface area contributed by atoms with Crippen molar-refractivity contribution >= 4 is 47.5 Å². The van der Waals surface area contributed by atoms with E-state index in [1.54, 1.807) is 9.80 Å². The van der Waals surface area contributed by atoms with Gasteiger partial charge in [0.1, 0.15) is 0 Å². The van der Waals surface area contributed by atoms with Gasteiger partial charge in [-0.3, -0.25) is 38.4 Å². The van der Waals surface area contributed by atoms with Gasteiger partial charge in [-0.05, 0) is 180 Å². The SMILES string of the molecule is C.C1CCOC1.C1CCOC1.CCN(CC)C(=O)CC1(CC(=O)N(CC)CC)CCCCC1.CCN(CC)C(=O)CC1(CC(=O)O)CCCCC1.CCN(CC)C(=O)CC1(CC(=O)O)CCCCC1.CCNCC.CCNCC.O=C1CC2(CCCCC2)CC(=O)O1. The molecule has 7 fully saturated rings. The lowest BCUT2D eigenvalue weighted by Gasteiger charge is -2.39. The minimum atomic E-state index is -0.774. The molecule has 4 amide bonds. The van der Waals surface area contributed by atoms with Gasteiger partial charge < -0.3 is 54.7 Å². The highest BCUT2D eigenvalue weighted by Gasteiger charge is 2.43. The molecule has 0 atom stereocenters. The third-order valence-corrected chi connectivity index (χ3v) is 19.2. The molecule has 0 aromatic heterocycles. The molecule has 7 rings (SSSR count). The molecule has 19 heteroatoms. The van der Waals surface area contributed by atoms with Crippen molar-refractivity contribution in [3.63, 3.8) is 0 Å². The Morgan fingerprint density at radius 2 is 0.565 bits per heavy atom. The number of carboxylic acid groups (broad SMARTS) is 2. The number of nitrogens with zero attached hydrogens (tertiary/aromatic N) is 4. The van der Waals surface area contributed by atoms with Crippen molar-refractivity contribution in [2.45, 2.75) is 296 Å². The summed E-state index contributed by atoms with van der Waals surface area (Å²) in [5.41, 5.74) is -0.699. The van der Waals surface area contributed by atoms with Crippen LogP contribution < -0.4 is 10.6 Å². The fraction of sp³-hybridized carbons (Fsp3) is 0.890. The van der Waals surface area contributed by atoms with Gasteiger partial charge in [0.05, 0.1) is 25.7 Å². The van der Waals surface area contributed by atoms with Gasteiger partial charge >= 0.3 is 23.9 Å². The maximum atomic E-state index is 12.6. The number of esters is 2. The Morgan fingerprint density at radius 3 is 0.739 bits per heavy atom. The molecule has 3 saturated heterocycles. The van der Waals surface area contributed by atoms with E-state index in [1.807, 2.05) is 65.2 Å². The second-order valence-electron chi connectivity index (χ2n) is 26.1. The zero-order valence-corrected chi connectivity index (χ0v) is 60.1. The van der Waals surface area contributed by atoms with Gasteiger partial charge in [0, 0.05) is 104 Å². The van der Waals surface area contributed by atoms with Crippen LogP contribution in [-0.2, 0) is 52.6 Å². The number of carbonyl (C=O) groups excluding carboxylic acids is 6. The summed E-state index contributed by atoms with van der Waals surface area (Å²) in [7, 11) is 0. The monoisotopic (exact) mass is 1310 g/mol. The van der Waals surface area contributed by atoms with Crippen LogP contribution in [0, 0.1) is 21.7 Å². The molecular weight excluding hydrogens is 1170 g/mol. The highest BCUT2D eigenvalue weighted by Crippen LogP contribution is 2.46. The van der Waals surface area contributed by atoms with E-state index in [9.17, 15) is 38.4 Å². The summed E-state index contributed by atoms with van der Waals surface area (Å²) in [6.07, 6.45) is 29.4. The number of hydrogen-bond donors (Lipinski definition) is 4. The first-order valence-electron chi connectivity index (χ1n) is 36.5. The van der Waals surface area contributed by atoms with Crippen molar-refractivity contribution in [1.82, 2.24) is 30.2 Å². The molecule has 0 aromatic carbocycles. The van der Waals surface area contributed by atoms with Crippen LogP contribution in [0.4, 0.5) is 0 Å². The van der Waals surface area contributed by atoms with Gasteiger partial charge in [-0.2, -0.15) is 0 Å². The number of hydrogen-bond acceptors (Lipinski definition) is 13. The number of amides is 4. The topological polar surface area (TPSA) is 242 Å². The molecule has 1 spiro atoms. The van der Waals surface area contributed by atoms with E-state index in [1.165, 1.54) is 51.4 Å². The number of ether oxygens (including phenoxy) is 3. The summed E-state index contributed by atoms with van der Waals surface area (Å²) in [5.74, 6) is -1.52. The van der Waals surface area contributed by atoms with Crippen LogP contribution in [0.25, 0.3) is 0 Å². The molecule has 0 unspecified atom stereocenters. The Morgan fingerprint density at radius 1 is 0.348 bits per heavy atom. The van der Waals surface area contributed by atoms with Gasteiger partial charge in [0.15, 0.2) is 0 Å². The fourth-order valence-electron chi connectivity index (χ4n) is 13.9. The van der Waals surface area contributed by atoms with E-state index in [0.29, 0.717) is 64.7 Å². The van der Waals surface area contributed by atoms with E-state index in [0.717, 1.165) is 182 Å². The van der Waals surface area contributed by atoms with Crippen LogP contribution in [0.3, 0.4) is 0 Å². The van der Waals surface area contributed by atoms with Gasteiger partial charge in [0.2, 0.25) is 23.6 Å². The minimum Gasteiger partial charge on any atom is -0.481 e. The largest absolute Gasteiger partial charge is 0.481 e. The Hall–Kier alpha value is -4.20. The van der Waals surface area contributed by atoms with Crippen molar-refractivity contribution in [2.75, 3.05) is 105 Å². The van der Waals surface area contributed by atoms with Crippen LogP contribution in [0.1, 0.15) is 296 Å². The van der Waals surface area contributed by atoms with Gasteiger partial charge in [-0.15, -0.1) is 0 Å². The van der Waals surface area contributed by atoms with Crippen LogP contribution >= 0.6 is 0 Å². The quantitative estimate of drug-likeness (QED) is 0.0519. The second kappa shape index (κ2) is 54.0. The number of aliphatic carboxylic acids is 2. The first-order chi connectivity index (χ1) is 43.6. The maximum Gasteiger partial charge on any atom is 0.314 e. The zero-order valence-electron chi connectivity index (χ0n) is 60.1. The van der Waals surface area contributed by atoms with Crippen LogP contribution in [0.2, 0.25) is 0 Å². The highest BCUT2D eigenvalue weighted by atomic mass is 16.6. The molecule has 19 nitrogen and oxygen atoms in total. The Balaban J connectivity index is 0. The van der Waals surface area contributed by atoms with E-state index < -0.39 is 11.9 Å². The van der Waals surface area contributed by atoms with Gasteiger partial charge in [-0.1, -0.05) is 112 Å². The minimum absolute atomic E-state index is 0. The van der Waals surface area contributed by atoms with Crippen molar-refractivity contribution in [3.05, 3.63) is 0 Å². The molecular formula is C73H140N6O13. The average molecular weight is 1310 g/mol. The van der Waals surface area contributed by atoms with Crippen LogP contribution in [0.5, 0.6) is 0 Å². The highest BCUT2D eigenvalue weighted by molar-refractivity contribution is 5.89. The molecule has 0 radical (unpaired) electrons. The zero-order chi connectivity index (χ0) is 68.4. The predicted molar refractivity (Wildman–Crippen MR) is 372 cm³/mol. The smallest absolute Gasteiger partial charge is 0.314 e. The maximum absolute atomic E-state index is 12.6. The van der Waals surface area contributed by atoms with Crippen molar-refractivity contribution in [2.24, 2.45) is 21.7 Å². The molecule has 0 bridgehead atoms. The lowest BCUT2D eigenvalue weighted by atomic mass is 9.69. The summed E-state index contributed by atoms with van der Waals surface area (Å²) in [6.45, 7) is 38.6. The Bertz CT molecular complexity index is 1800. The number of nitrogens with one attached hydrogen (secondary N) is 2. The lowest BCUT2D eigenvalue weighted by Crippen LogP contribution is -2.41. The second-order valence-corrected chi connectivity index (χ2v) is 26.1. The number of carboxylic acids is 2. The Labute approximate surface area is 560 Å². The van der Waals surface area contributed by atoms with Crippen molar-refractivity contribution < 1.29 is 62.8 Å².